The number of fused-ring (bicyclic) bond motifs is 1. The predicted octanol–water partition coefficient (Wildman–Crippen LogP) is 1.91. The van der Waals surface area contributed by atoms with Crippen LogP contribution in [-0.4, -0.2) is 39.8 Å². The zero-order valence-electron chi connectivity index (χ0n) is 12.0. The van der Waals surface area contributed by atoms with Crippen molar-refractivity contribution in [3.8, 4) is 0 Å². The van der Waals surface area contributed by atoms with Crippen LogP contribution >= 0.6 is 0 Å². The molecule has 0 fully saturated rings. The standard InChI is InChI=1S/C13H21N5O/c1-5-7-18-10(3)17-11-12(14-6-8-19-4)15-9(2)16-13(11)18/h5-8H2,1-4H3,(H,14,15,16). The summed E-state index contributed by atoms with van der Waals surface area (Å²) >= 11 is 0. The van der Waals surface area contributed by atoms with Gasteiger partial charge in [0.25, 0.3) is 0 Å². The Bertz CT molecular complexity index is 564. The lowest BCUT2D eigenvalue weighted by atomic mass is 10.4. The van der Waals surface area contributed by atoms with Crippen molar-refractivity contribution in [1.82, 2.24) is 19.5 Å². The van der Waals surface area contributed by atoms with E-state index in [1.165, 1.54) is 0 Å². The number of methoxy groups -OCH3 is 1. The van der Waals surface area contributed by atoms with E-state index in [4.69, 9.17) is 4.74 Å². The Balaban J connectivity index is 2.43. The molecule has 0 atom stereocenters. The zero-order chi connectivity index (χ0) is 13.8. The highest BCUT2D eigenvalue weighted by atomic mass is 16.5. The highest BCUT2D eigenvalue weighted by molar-refractivity contribution is 5.83. The van der Waals surface area contributed by atoms with Gasteiger partial charge in [0.2, 0.25) is 0 Å². The quantitative estimate of drug-likeness (QED) is 0.806. The normalized spacial score (nSPS) is 11.2. The Labute approximate surface area is 113 Å². The van der Waals surface area contributed by atoms with Gasteiger partial charge in [0.05, 0.1) is 6.61 Å². The van der Waals surface area contributed by atoms with Crippen molar-refractivity contribution in [1.29, 1.82) is 0 Å². The number of rotatable bonds is 6. The summed E-state index contributed by atoms with van der Waals surface area (Å²) in [6.07, 6.45) is 1.06. The van der Waals surface area contributed by atoms with Gasteiger partial charge in [0, 0.05) is 20.2 Å². The van der Waals surface area contributed by atoms with E-state index in [1.54, 1.807) is 7.11 Å². The maximum atomic E-state index is 5.04. The average Bonchev–Trinajstić information content (AvgIpc) is 2.68. The van der Waals surface area contributed by atoms with E-state index in [1.807, 2.05) is 13.8 Å². The molecule has 0 spiro atoms. The van der Waals surface area contributed by atoms with Crippen LogP contribution in [0.5, 0.6) is 0 Å². The van der Waals surface area contributed by atoms with Gasteiger partial charge in [-0.05, 0) is 20.3 Å². The summed E-state index contributed by atoms with van der Waals surface area (Å²) in [5.41, 5.74) is 1.75. The summed E-state index contributed by atoms with van der Waals surface area (Å²) in [4.78, 5) is 13.5. The summed E-state index contributed by atoms with van der Waals surface area (Å²) in [5.74, 6) is 2.52. The molecule has 1 N–H and O–H groups in total. The number of imidazole rings is 1. The Hall–Kier alpha value is -1.69. The second-order valence-electron chi connectivity index (χ2n) is 4.52. The molecule has 6 heteroatoms. The summed E-state index contributed by atoms with van der Waals surface area (Å²) in [6, 6.07) is 0. The van der Waals surface area contributed by atoms with Crippen LogP contribution in [0.1, 0.15) is 25.0 Å². The average molecular weight is 263 g/mol. The number of hydrogen-bond acceptors (Lipinski definition) is 5. The third-order valence-electron chi connectivity index (χ3n) is 2.94. The Morgan fingerprint density at radius 1 is 1.21 bits per heavy atom. The van der Waals surface area contributed by atoms with Gasteiger partial charge in [0.1, 0.15) is 11.6 Å². The molecule has 0 unspecified atom stereocenters. The van der Waals surface area contributed by atoms with E-state index in [-0.39, 0.29) is 0 Å². The van der Waals surface area contributed by atoms with E-state index in [0.29, 0.717) is 13.2 Å². The lowest BCUT2D eigenvalue weighted by molar-refractivity contribution is 0.210. The van der Waals surface area contributed by atoms with Gasteiger partial charge in [-0.1, -0.05) is 6.92 Å². The first-order valence-corrected chi connectivity index (χ1v) is 6.61. The molecule has 0 bridgehead atoms. The van der Waals surface area contributed by atoms with Crippen LogP contribution in [0.15, 0.2) is 0 Å². The number of nitrogens with one attached hydrogen (secondary N) is 1. The smallest absolute Gasteiger partial charge is 0.165 e. The molecule has 0 aromatic carbocycles. The lowest BCUT2D eigenvalue weighted by Gasteiger charge is -2.07. The minimum atomic E-state index is 0.638. The van der Waals surface area contributed by atoms with Gasteiger partial charge < -0.3 is 14.6 Å². The van der Waals surface area contributed by atoms with Gasteiger partial charge in [-0.15, -0.1) is 0 Å². The van der Waals surface area contributed by atoms with Gasteiger partial charge >= 0.3 is 0 Å². The second-order valence-corrected chi connectivity index (χ2v) is 4.52. The lowest BCUT2D eigenvalue weighted by Crippen LogP contribution is -2.10. The Kier molecular flexibility index (Phi) is 4.31. The number of hydrogen-bond donors (Lipinski definition) is 1. The molecule has 2 rings (SSSR count). The maximum Gasteiger partial charge on any atom is 0.165 e. The van der Waals surface area contributed by atoms with Gasteiger partial charge in [0.15, 0.2) is 17.0 Å². The molecule has 0 saturated carbocycles. The van der Waals surface area contributed by atoms with Crippen molar-refractivity contribution >= 4 is 17.0 Å². The molecular formula is C13H21N5O. The molecule has 0 aliphatic carbocycles. The third kappa shape index (κ3) is 2.84. The van der Waals surface area contributed by atoms with Crippen molar-refractivity contribution in [2.45, 2.75) is 33.7 Å². The molecule has 0 amide bonds. The van der Waals surface area contributed by atoms with Crippen LogP contribution in [0.25, 0.3) is 11.2 Å². The van der Waals surface area contributed by atoms with Crippen LogP contribution in [0, 0.1) is 13.8 Å². The van der Waals surface area contributed by atoms with Crippen molar-refractivity contribution < 1.29 is 4.74 Å². The molecular weight excluding hydrogens is 242 g/mol. The molecule has 19 heavy (non-hydrogen) atoms. The molecule has 0 aliphatic rings. The molecule has 2 aromatic rings. The fourth-order valence-corrected chi connectivity index (χ4v) is 2.10. The number of aromatic nitrogens is 4. The maximum absolute atomic E-state index is 5.04. The fourth-order valence-electron chi connectivity index (χ4n) is 2.10. The summed E-state index contributed by atoms with van der Waals surface area (Å²) in [6.45, 7) is 8.33. The zero-order valence-corrected chi connectivity index (χ0v) is 12.0. The van der Waals surface area contributed by atoms with Crippen molar-refractivity contribution in [2.24, 2.45) is 0 Å². The first kappa shape index (κ1) is 13.7. The fraction of sp³-hybridized carbons (Fsp3) is 0.615. The van der Waals surface area contributed by atoms with Crippen LogP contribution in [-0.2, 0) is 11.3 Å². The minimum Gasteiger partial charge on any atom is -0.383 e. The van der Waals surface area contributed by atoms with Gasteiger partial charge in [-0.2, -0.15) is 0 Å². The van der Waals surface area contributed by atoms with Gasteiger partial charge in [-0.3, -0.25) is 0 Å². The minimum absolute atomic E-state index is 0.638. The Morgan fingerprint density at radius 3 is 2.68 bits per heavy atom. The van der Waals surface area contributed by atoms with Crippen LogP contribution < -0.4 is 5.32 Å². The van der Waals surface area contributed by atoms with Crippen molar-refractivity contribution in [3.63, 3.8) is 0 Å². The first-order valence-electron chi connectivity index (χ1n) is 6.61. The second kappa shape index (κ2) is 5.97. The van der Waals surface area contributed by atoms with E-state index < -0.39 is 0 Å². The van der Waals surface area contributed by atoms with Crippen molar-refractivity contribution in [3.05, 3.63) is 11.6 Å². The third-order valence-corrected chi connectivity index (χ3v) is 2.94. The predicted molar refractivity (Wildman–Crippen MR) is 75.5 cm³/mol. The number of anilines is 1. The Morgan fingerprint density at radius 2 is 2.00 bits per heavy atom. The van der Waals surface area contributed by atoms with Crippen LogP contribution in [0.2, 0.25) is 0 Å². The molecule has 0 radical (unpaired) electrons. The van der Waals surface area contributed by atoms with Crippen LogP contribution in [0.4, 0.5) is 5.82 Å². The highest BCUT2D eigenvalue weighted by Crippen LogP contribution is 2.21. The summed E-state index contributed by atoms with van der Waals surface area (Å²) in [7, 11) is 1.68. The molecule has 104 valence electrons. The SMILES string of the molecule is CCCn1c(C)nc2c(NCCOC)nc(C)nc21. The monoisotopic (exact) mass is 263 g/mol. The first-order chi connectivity index (χ1) is 9.17. The van der Waals surface area contributed by atoms with E-state index in [9.17, 15) is 0 Å². The van der Waals surface area contributed by atoms with Crippen LogP contribution in [0.3, 0.4) is 0 Å². The van der Waals surface area contributed by atoms with Crippen molar-refractivity contribution in [2.75, 3.05) is 25.6 Å². The van der Waals surface area contributed by atoms with E-state index in [2.05, 4.69) is 31.8 Å². The molecule has 2 heterocycles. The van der Waals surface area contributed by atoms with Gasteiger partial charge in [-0.25, -0.2) is 15.0 Å². The highest BCUT2D eigenvalue weighted by Gasteiger charge is 2.14. The van der Waals surface area contributed by atoms with E-state index in [0.717, 1.165) is 41.6 Å². The topological polar surface area (TPSA) is 64.9 Å². The number of ether oxygens (including phenoxy) is 1. The summed E-state index contributed by atoms with van der Waals surface area (Å²) in [5, 5.41) is 3.26. The molecule has 2 aromatic heterocycles. The molecule has 6 nitrogen and oxygen atoms in total. The number of nitrogens with zero attached hydrogens (tertiary/aromatic N) is 4. The van der Waals surface area contributed by atoms with E-state index >= 15 is 0 Å². The number of aryl methyl sites for hydroxylation is 3. The largest absolute Gasteiger partial charge is 0.383 e. The molecule has 0 saturated heterocycles. The molecule has 0 aliphatic heterocycles. The summed E-state index contributed by atoms with van der Waals surface area (Å²) < 4.78 is 7.19.